The molecule has 1 N–H and O–H groups in total. The van der Waals surface area contributed by atoms with E-state index in [1.165, 1.54) is 0 Å². The van der Waals surface area contributed by atoms with E-state index in [1.807, 2.05) is 30.3 Å². The maximum atomic E-state index is 9.99. The molecule has 4 rings (SSSR count). The molecule has 0 aliphatic heterocycles. The molecule has 130 valence electrons. The summed E-state index contributed by atoms with van der Waals surface area (Å²) in [6, 6.07) is 11.3. The molecule has 0 aliphatic carbocycles. The van der Waals surface area contributed by atoms with Gasteiger partial charge in [0, 0.05) is 35.6 Å². The number of ether oxygens (including phenoxy) is 1. The molecular formula is C19H17N5O2. The molecule has 0 aliphatic rings. The number of methoxy groups -OCH3 is 1. The first kappa shape index (κ1) is 16.2. The van der Waals surface area contributed by atoms with Crippen molar-refractivity contribution in [2.24, 2.45) is 0 Å². The number of aromatic nitrogens is 5. The highest BCUT2D eigenvalue weighted by molar-refractivity contribution is 5.83. The quantitative estimate of drug-likeness (QED) is 0.611. The van der Waals surface area contributed by atoms with Crippen LogP contribution in [0.5, 0.6) is 5.75 Å². The van der Waals surface area contributed by atoms with Crippen molar-refractivity contribution in [3.8, 4) is 23.0 Å². The van der Waals surface area contributed by atoms with Crippen molar-refractivity contribution in [3.63, 3.8) is 0 Å². The Hall–Kier alpha value is -3.32. The largest absolute Gasteiger partial charge is 0.497 e. The van der Waals surface area contributed by atoms with Crippen LogP contribution in [-0.4, -0.2) is 36.9 Å². The second-order valence-electron chi connectivity index (χ2n) is 5.84. The lowest BCUT2D eigenvalue weighted by molar-refractivity contribution is 0.195. The van der Waals surface area contributed by atoms with Gasteiger partial charge >= 0.3 is 0 Å². The summed E-state index contributed by atoms with van der Waals surface area (Å²) in [5, 5.41) is 15.4. The number of aliphatic hydroxyl groups is 1. The summed E-state index contributed by atoms with van der Waals surface area (Å²) < 4.78 is 6.86. The second-order valence-corrected chi connectivity index (χ2v) is 5.84. The van der Waals surface area contributed by atoms with Crippen molar-refractivity contribution in [2.75, 3.05) is 7.11 Å². The minimum Gasteiger partial charge on any atom is -0.497 e. The second kappa shape index (κ2) is 6.53. The van der Waals surface area contributed by atoms with Gasteiger partial charge in [0.25, 0.3) is 5.95 Å². The number of pyridine rings is 1. The van der Waals surface area contributed by atoms with E-state index in [-0.39, 0.29) is 0 Å². The zero-order chi connectivity index (χ0) is 18.1. The van der Waals surface area contributed by atoms with Gasteiger partial charge in [0.15, 0.2) is 0 Å². The summed E-state index contributed by atoms with van der Waals surface area (Å²) in [6.07, 6.45) is 4.39. The average molecular weight is 347 g/mol. The lowest BCUT2D eigenvalue weighted by atomic mass is 10.1. The molecule has 4 aromatic rings. The van der Waals surface area contributed by atoms with Gasteiger partial charge in [-0.1, -0.05) is 18.2 Å². The first-order chi connectivity index (χ1) is 12.7. The Morgan fingerprint density at radius 2 is 1.85 bits per heavy atom. The number of para-hydroxylation sites is 1. The summed E-state index contributed by atoms with van der Waals surface area (Å²) in [7, 11) is 1.61. The zero-order valence-electron chi connectivity index (χ0n) is 14.4. The number of benzene rings is 1. The lowest BCUT2D eigenvalue weighted by Gasteiger charge is -2.05. The SMILES string of the molecule is COc1ccnc(-c2cnc(-n3nc(C(C)O)c4ccccc43)nc2)c1. The molecule has 0 fully saturated rings. The normalized spacial score (nSPS) is 12.3. The van der Waals surface area contributed by atoms with E-state index >= 15 is 0 Å². The molecule has 0 bridgehead atoms. The monoisotopic (exact) mass is 347 g/mol. The molecule has 7 heteroatoms. The van der Waals surface area contributed by atoms with Crippen molar-refractivity contribution < 1.29 is 9.84 Å². The van der Waals surface area contributed by atoms with Gasteiger partial charge < -0.3 is 9.84 Å². The van der Waals surface area contributed by atoms with Gasteiger partial charge in [0.1, 0.15) is 5.75 Å². The molecule has 0 saturated heterocycles. The molecule has 3 heterocycles. The van der Waals surface area contributed by atoms with Gasteiger partial charge in [0.05, 0.1) is 30.1 Å². The first-order valence-electron chi connectivity index (χ1n) is 8.16. The molecule has 0 spiro atoms. The van der Waals surface area contributed by atoms with Crippen LogP contribution in [-0.2, 0) is 0 Å². The van der Waals surface area contributed by atoms with E-state index < -0.39 is 6.10 Å². The van der Waals surface area contributed by atoms with Crippen LogP contribution in [0.25, 0.3) is 28.1 Å². The minimum absolute atomic E-state index is 0.430. The van der Waals surface area contributed by atoms with Crippen LogP contribution in [0, 0.1) is 0 Å². The first-order valence-corrected chi connectivity index (χ1v) is 8.16. The van der Waals surface area contributed by atoms with E-state index in [2.05, 4.69) is 20.1 Å². The summed E-state index contributed by atoms with van der Waals surface area (Å²) in [5.41, 5.74) is 2.95. The summed E-state index contributed by atoms with van der Waals surface area (Å²) in [5.74, 6) is 1.15. The molecule has 0 amide bonds. The van der Waals surface area contributed by atoms with Gasteiger partial charge in [-0.05, 0) is 19.1 Å². The maximum absolute atomic E-state index is 9.99. The number of fused-ring (bicyclic) bond motifs is 1. The van der Waals surface area contributed by atoms with Crippen LogP contribution in [0.4, 0.5) is 0 Å². The van der Waals surface area contributed by atoms with Gasteiger partial charge in [-0.3, -0.25) is 4.98 Å². The third-order valence-corrected chi connectivity index (χ3v) is 4.10. The fourth-order valence-corrected chi connectivity index (χ4v) is 2.81. The van der Waals surface area contributed by atoms with Crippen molar-refractivity contribution in [1.82, 2.24) is 24.7 Å². The third kappa shape index (κ3) is 2.78. The van der Waals surface area contributed by atoms with Crippen LogP contribution in [0.2, 0.25) is 0 Å². The van der Waals surface area contributed by atoms with Crippen LogP contribution < -0.4 is 4.74 Å². The summed E-state index contributed by atoms with van der Waals surface area (Å²) >= 11 is 0. The molecule has 0 radical (unpaired) electrons. The predicted octanol–water partition coefficient (Wildman–Crippen LogP) is 2.94. The highest BCUT2D eigenvalue weighted by Gasteiger charge is 2.16. The number of nitrogens with zero attached hydrogens (tertiary/aromatic N) is 5. The van der Waals surface area contributed by atoms with Crippen LogP contribution in [0.15, 0.2) is 55.0 Å². The molecule has 26 heavy (non-hydrogen) atoms. The van der Waals surface area contributed by atoms with Gasteiger partial charge in [0.2, 0.25) is 0 Å². The Kier molecular flexibility index (Phi) is 4.06. The Morgan fingerprint density at radius 3 is 2.58 bits per heavy atom. The van der Waals surface area contributed by atoms with Crippen molar-refractivity contribution in [3.05, 3.63) is 60.7 Å². The van der Waals surface area contributed by atoms with E-state index in [4.69, 9.17) is 4.74 Å². The molecule has 1 unspecified atom stereocenters. The summed E-state index contributed by atoms with van der Waals surface area (Å²) in [4.78, 5) is 13.2. The van der Waals surface area contributed by atoms with Gasteiger partial charge in [-0.15, -0.1) is 0 Å². The Morgan fingerprint density at radius 1 is 1.08 bits per heavy atom. The number of aliphatic hydroxyl groups excluding tert-OH is 1. The van der Waals surface area contributed by atoms with Crippen LogP contribution in [0.1, 0.15) is 18.7 Å². The fraction of sp³-hybridized carbons (Fsp3) is 0.158. The van der Waals surface area contributed by atoms with E-state index in [0.29, 0.717) is 11.6 Å². The predicted molar refractivity (Wildman–Crippen MR) is 97.1 cm³/mol. The van der Waals surface area contributed by atoms with Crippen molar-refractivity contribution >= 4 is 10.9 Å². The Labute approximate surface area is 149 Å². The molecule has 1 aromatic carbocycles. The molecule has 7 nitrogen and oxygen atoms in total. The number of hydrogen-bond donors (Lipinski definition) is 1. The minimum atomic E-state index is -0.679. The molecule has 3 aromatic heterocycles. The standard InChI is InChI=1S/C19H17N5O2/c1-12(25)18-15-5-3-4-6-17(15)24(23-18)19-21-10-13(11-22-19)16-9-14(26-2)7-8-20-16/h3-12,25H,1-2H3. The molecule has 1 atom stereocenters. The van der Waals surface area contributed by atoms with Crippen LogP contribution >= 0.6 is 0 Å². The van der Waals surface area contributed by atoms with E-state index in [0.717, 1.165) is 27.9 Å². The average Bonchev–Trinajstić information content (AvgIpc) is 3.08. The highest BCUT2D eigenvalue weighted by atomic mass is 16.5. The van der Waals surface area contributed by atoms with E-state index in [1.54, 1.807) is 43.4 Å². The Balaban J connectivity index is 1.77. The fourth-order valence-electron chi connectivity index (χ4n) is 2.81. The zero-order valence-corrected chi connectivity index (χ0v) is 14.4. The highest BCUT2D eigenvalue weighted by Crippen LogP contribution is 2.25. The number of rotatable bonds is 4. The lowest BCUT2D eigenvalue weighted by Crippen LogP contribution is -2.04. The van der Waals surface area contributed by atoms with E-state index in [9.17, 15) is 5.11 Å². The molecular weight excluding hydrogens is 330 g/mol. The third-order valence-electron chi connectivity index (χ3n) is 4.10. The number of hydrogen-bond acceptors (Lipinski definition) is 6. The van der Waals surface area contributed by atoms with Crippen LogP contribution in [0.3, 0.4) is 0 Å². The molecule has 0 saturated carbocycles. The van der Waals surface area contributed by atoms with Gasteiger partial charge in [-0.2, -0.15) is 9.78 Å². The smallest absolute Gasteiger partial charge is 0.251 e. The van der Waals surface area contributed by atoms with Gasteiger partial charge in [-0.25, -0.2) is 9.97 Å². The Bertz CT molecular complexity index is 1060. The summed E-state index contributed by atoms with van der Waals surface area (Å²) in [6.45, 7) is 1.69. The van der Waals surface area contributed by atoms with Crippen molar-refractivity contribution in [1.29, 1.82) is 0 Å². The topological polar surface area (TPSA) is 86.0 Å². The maximum Gasteiger partial charge on any atom is 0.251 e. The van der Waals surface area contributed by atoms with Crippen molar-refractivity contribution in [2.45, 2.75) is 13.0 Å².